The summed E-state index contributed by atoms with van der Waals surface area (Å²) in [6.45, 7) is 8.98. The molecule has 8 heteroatoms. The summed E-state index contributed by atoms with van der Waals surface area (Å²) >= 11 is 0. The molecule has 2 unspecified atom stereocenters. The second kappa shape index (κ2) is 13.0. The van der Waals surface area contributed by atoms with Crippen LogP contribution in [0.2, 0.25) is 0 Å². The molecule has 0 aliphatic carbocycles. The molecule has 0 aliphatic rings. The molecule has 174 valence electrons. The zero-order valence-electron chi connectivity index (χ0n) is 18.9. The van der Waals surface area contributed by atoms with Gasteiger partial charge in [0.1, 0.15) is 23.4 Å². The predicted octanol–water partition coefficient (Wildman–Crippen LogP) is 3.44. The van der Waals surface area contributed by atoms with Crippen molar-refractivity contribution in [2.24, 2.45) is 7.05 Å². The molecule has 1 amide bonds. The van der Waals surface area contributed by atoms with Crippen LogP contribution in [-0.2, 0) is 18.3 Å². The molecule has 0 fully saturated rings. The Hall–Kier alpha value is -3.62. The quantitative estimate of drug-likeness (QED) is 0.340. The molecule has 0 saturated carbocycles. The molecule has 2 rings (SSSR count). The lowest BCUT2D eigenvalue weighted by Crippen LogP contribution is -2.49. The standard InChI is InChI=1S/C25H30FN5O2/c1-5-12-21-24(31(4)30-29-21)19(3)27-25(33)22(17-20-14-9-7-10-15-20)28-23(32)16-11-6-8-13-18(2)26/h5-15,22-23,28,32H,2-3,16-17H2,1,4H3,(H,27,33)/b11-6-,12-5-,13-8-. The number of rotatable bonds is 12. The maximum absolute atomic E-state index is 13.1. The van der Waals surface area contributed by atoms with Gasteiger partial charge in [0.25, 0.3) is 0 Å². The average molecular weight is 452 g/mol. The van der Waals surface area contributed by atoms with E-state index < -0.39 is 18.1 Å². The Kier molecular flexibility index (Phi) is 10.1. The highest BCUT2D eigenvalue weighted by molar-refractivity contribution is 5.90. The Morgan fingerprint density at radius 2 is 2.00 bits per heavy atom. The molecule has 1 aromatic heterocycles. The monoisotopic (exact) mass is 451 g/mol. The second-order valence-corrected chi connectivity index (χ2v) is 7.31. The highest BCUT2D eigenvalue weighted by Crippen LogP contribution is 2.15. The first-order chi connectivity index (χ1) is 15.8. The summed E-state index contributed by atoms with van der Waals surface area (Å²) in [5.74, 6) is -0.910. The summed E-state index contributed by atoms with van der Waals surface area (Å²) in [7, 11) is 1.72. The molecule has 0 aliphatic heterocycles. The van der Waals surface area contributed by atoms with Gasteiger partial charge in [-0.25, -0.2) is 9.07 Å². The topological polar surface area (TPSA) is 92.1 Å². The maximum Gasteiger partial charge on any atom is 0.241 e. The van der Waals surface area contributed by atoms with E-state index in [0.717, 1.165) is 5.56 Å². The second-order valence-electron chi connectivity index (χ2n) is 7.31. The lowest BCUT2D eigenvalue weighted by Gasteiger charge is -2.22. The number of allylic oxidation sites excluding steroid dienone is 5. The first kappa shape index (κ1) is 25.6. The number of nitrogens with zero attached hydrogens (tertiary/aromatic N) is 3. The van der Waals surface area contributed by atoms with Crippen LogP contribution in [0.4, 0.5) is 4.39 Å². The SMILES string of the molecule is C=C(F)/C=C\C=C/CC(O)NC(Cc1ccccc1)C(=O)NC(=C)c1c(/C=C\C)nnn1C. The van der Waals surface area contributed by atoms with Crippen molar-refractivity contribution < 1.29 is 14.3 Å². The Labute approximate surface area is 193 Å². The third kappa shape index (κ3) is 8.44. The number of amides is 1. The number of hydrogen-bond donors (Lipinski definition) is 3. The van der Waals surface area contributed by atoms with E-state index in [0.29, 0.717) is 23.5 Å². The summed E-state index contributed by atoms with van der Waals surface area (Å²) in [4.78, 5) is 13.1. The van der Waals surface area contributed by atoms with Gasteiger partial charge in [-0.15, -0.1) is 5.10 Å². The predicted molar refractivity (Wildman–Crippen MR) is 129 cm³/mol. The van der Waals surface area contributed by atoms with Crippen LogP contribution in [0, 0.1) is 0 Å². The van der Waals surface area contributed by atoms with Crippen LogP contribution in [-0.4, -0.2) is 38.3 Å². The van der Waals surface area contributed by atoms with Crippen molar-refractivity contribution >= 4 is 17.7 Å². The Morgan fingerprint density at radius 3 is 2.67 bits per heavy atom. The molecule has 7 nitrogen and oxygen atoms in total. The van der Waals surface area contributed by atoms with Crippen molar-refractivity contribution in [3.63, 3.8) is 0 Å². The van der Waals surface area contributed by atoms with E-state index >= 15 is 0 Å². The van der Waals surface area contributed by atoms with Gasteiger partial charge in [-0.05, 0) is 31.1 Å². The Balaban J connectivity index is 2.12. The van der Waals surface area contributed by atoms with Crippen LogP contribution in [0.25, 0.3) is 11.8 Å². The number of aliphatic hydroxyl groups is 1. The third-order valence-electron chi connectivity index (χ3n) is 4.61. The smallest absolute Gasteiger partial charge is 0.241 e. The van der Waals surface area contributed by atoms with E-state index in [1.54, 1.807) is 25.3 Å². The minimum Gasteiger partial charge on any atom is -0.378 e. The Bertz CT molecular complexity index is 1040. The number of aryl methyl sites for hydroxylation is 1. The van der Waals surface area contributed by atoms with Gasteiger partial charge in [0, 0.05) is 13.5 Å². The van der Waals surface area contributed by atoms with Crippen molar-refractivity contribution in [2.75, 3.05) is 0 Å². The zero-order chi connectivity index (χ0) is 24.2. The molecular weight excluding hydrogens is 421 g/mol. The van der Waals surface area contributed by atoms with Crippen molar-refractivity contribution in [1.29, 1.82) is 0 Å². The maximum atomic E-state index is 13.1. The summed E-state index contributed by atoms with van der Waals surface area (Å²) in [5, 5.41) is 24.2. The molecule has 0 radical (unpaired) electrons. The molecule has 1 aromatic carbocycles. The van der Waals surface area contributed by atoms with Gasteiger partial charge in [0.05, 0.1) is 11.7 Å². The molecule has 0 bridgehead atoms. The number of hydrogen-bond acceptors (Lipinski definition) is 5. The van der Waals surface area contributed by atoms with Gasteiger partial charge in [-0.3, -0.25) is 10.1 Å². The fourth-order valence-corrected chi connectivity index (χ4v) is 3.11. The summed E-state index contributed by atoms with van der Waals surface area (Å²) in [6.07, 6.45) is 9.15. The van der Waals surface area contributed by atoms with Crippen LogP contribution in [0.15, 0.2) is 79.7 Å². The molecule has 0 spiro atoms. The lowest BCUT2D eigenvalue weighted by atomic mass is 10.0. The fraction of sp³-hybridized carbons (Fsp3) is 0.240. The van der Waals surface area contributed by atoms with Gasteiger partial charge < -0.3 is 10.4 Å². The zero-order valence-corrected chi connectivity index (χ0v) is 18.9. The van der Waals surface area contributed by atoms with Gasteiger partial charge >= 0.3 is 0 Å². The van der Waals surface area contributed by atoms with Crippen molar-refractivity contribution in [1.82, 2.24) is 25.6 Å². The molecule has 3 N–H and O–H groups in total. The van der Waals surface area contributed by atoms with Crippen LogP contribution >= 0.6 is 0 Å². The number of nitrogens with one attached hydrogen (secondary N) is 2. The number of carbonyl (C=O) groups is 1. The molecule has 1 heterocycles. The lowest BCUT2D eigenvalue weighted by molar-refractivity contribution is -0.122. The summed E-state index contributed by atoms with van der Waals surface area (Å²) < 4.78 is 14.2. The summed E-state index contributed by atoms with van der Waals surface area (Å²) in [6, 6.07) is 8.75. The van der Waals surface area contributed by atoms with Crippen LogP contribution in [0.1, 0.15) is 30.3 Å². The van der Waals surface area contributed by atoms with Gasteiger partial charge in [0.2, 0.25) is 5.91 Å². The molecule has 0 saturated heterocycles. The minimum absolute atomic E-state index is 0.222. The first-order valence-electron chi connectivity index (χ1n) is 10.5. The van der Waals surface area contributed by atoms with Gasteiger partial charge in [-0.1, -0.05) is 73.0 Å². The third-order valence-corrected chi connectivity index (χ3v) is 4.61. The number of aromatic nitrogens is 3. The molecule has 33 heavy (non-hydrogen) atoms. The average Bonchev–Trinajstić information content (AvgIpc) is 3.14. The Morgan fingerprint density at radius 1 is 1.27 bits per heavy atom. The summed E-state index contributed by atoms with van der Waals surface area (Å²) in [5.41, 5.74) is 2.46. The van der Waals surface area contributed by atoms with E-state index in [9.17, 15) is 14.3 Å². The highest BCUT2D eigenvalue weighted by Gasteiger charge is 2.23. The van der Waals surface area contributed by atoms with E-state index in [4.69, 9.17) is 0 Å². The minimum atomic E-state index is -0.993. The van der Waals surface area contributed by atoms with Crippen molar-refractivity contribution in [3.8, 4) is 0 Å². The van der Waals surface area contributed by atoms with Crippen molar-refractivity contribution in [3.05, 3.63) is 96.6 Å². The fourth-order valence-electron chi connectivity index (χ4n) is 3.11. The van der Waals surface area contributed by atoms with Crippen molar-refractivity contribution in [2.45, 2.75) is 32.0 Å². The van der Waals surface area contributed by atoms with Crippen LogP contribution < -0.4 is 10.6 Å². The van der Waals surface area contributed by atoms with Gasteiger partial charge in [-0.2, -0.15) is 0 Å². The number of benzene rings is 1. The van der Waals surface area contributed by atoms with E-state index in [2.05, 4.69) is 34.1 Å². The first-order valence-corrected chi connectivity index (χ1v) is 10.5. The molecular formula is C25H30FN5O2. The van der Waals surface area contributed by atoms with Gasteiger partial charge in [0.15, 0.2) is 0 Å². The van der Waals surface area contributed by atoms with E-state index in [-0.39, 0.29) is 12.3 Å². The van der Waals surface area contributed by atoms with Crippen LogP contribution in [0.3, 0.4) is 0 Å². The molecule has 2 aromatic rings. The number of halogens is 1. The van der Waals surface area contributed by atoms with E-state index in [1.807, 2.05) is 43.3 Å². The molecule has 2 atom stereocenters. The number of aliphatic hydroxyl groups excluding tert-OH is 1. The van der Waals surface area contributed by atoms with E-state index in [1.165, 1.54) is 16.8 Å². The normalized spacial score (nSPS) is 13.6. The van der Waals surface area contributed by atoms with Crippen LogP contribution in [0.5, 0.6) is 0 Å². The largest absolute Gasteiger partial charge is 0.378 e. The highest BCUT2D eigenvalue weighted by atomic mass is 19.1. The number of carbonyl (C=O) groups excluding carboxylic acids is 1.